The largest absolute Gasteiger partial charge is 0.309 e. The number of anilines is 1. The highest BCUT2D eigenvalue weighted by Gasteiger charge is 2.35. The zero-order valence-corrected chi connectivity index (χ0v) is 13.3. The number of allylic oxidation sites excluding steroid dienone is 1. The second-order valence-corrected chi connectivity index (χ2v) is 6.63. The summed E-state index contributed by atoms with van der Waals surface area (Å²) in [6.07, 6.45) is 6.41. The van der Waals surface area contributed by atoms with Crippen LogP contribution in [0.2, 0.25) is 0 Å². The number of hydrogen-bond donors (Lipinski definition) is 2. The number of nitrogens with one attached hydrogen (secondary N) is 2. The topological polar surface area (TPSA) is 57.8 Å². The van der Waals surface area contributed by atoms with Crippen LogP contribution in [-0.2, 0) is 4.79 Å². The van der Waals surface area contributed by atoms with Gasteiger partial charge < -0.3 is 5.32 Å². The van der Waals surface area contributed by atoms with Crippen LogP contribution in [-0.4, -0.2) is 16.1 Å². The molecule has 1 aliphatic heterocycles. The lowest BCUT2D eigenvalue weighted by Crippen LogP contribution is -2.24. The van der Waals surface area contributed by atoms with Crippen molar-refractivity contribution in [2.24, 2.45) is 0 Å². The van der Waals surface area contributed by atoms with E-state index in [1.54, 1.807) is 0 Å². The molecule has 23 heavy (non-hydrogen) atoms. The number of carbonyl (C=O) groups excluding carboxylic acids is 1. The Hall–Kier alpha value is -2.36. The molecule has 1 amide bonds. The van der Waals surface area contributed by atoms with Crippen LogP contribution in [0.25, 0.3) is 6.08 Å². The fourth-order valence-electron chi connectivity index (χ4n) is 3.59. The maximum Gasteiger partial charge on any atom is 0.226 e. The van der Waals surface area contributed by atoms with Gasteiger partial charge in [-0.1, -0.05) is 48.4 Å². The van der Waals surface area contributed by atoms with Gasteiger partial charge in [-0.3, -0.25) is 9.89 Å². The first-order valence-corrected chi connectivity index (χ1v) is 8.33. The van der Waals surface area contributed by atoms with E-state index in [1.165, 1.54) is 41.7 Å². The quantitative estimate of drug-likeness (QED) is 0.892. The fourth-order valence-corrected chi connectivity index (χ4v) is 3.59. The molecule has 0 saturated heterocycles. The van der Waals surface area contributed by atoms with Crippen molar-refractivity contribution in [3.05, 3.63) is 52.7 Å². The summed E-state index contributed by atoms with van der Waals surface area (Å²) in [6.45, 7) is 2.12. The lowest BCUT2D eigenvalue weighted by Gasteiger charge is -2.29. The highest BCUT2D eigenvalue weighted by atomic mass is 16.1. The molecule has 1 saturated carbocycles. The summed E-state index contributed by atoms with van der Waals surface area (Å²) < 4.78 is 0. The fraction of sp³-hybridized carbons (Fsp3) is 0.368. The number of aromatic nitrogens is 2. The van der Waals surface area contributed by atoms with Crippen LogP contribution in [0.1, 0.15) is 61.3 Å². The number of rotatable bonds is 3. The Morgan fingerprint density at radius 2 is 2.04 bits per heavy atom. The van der Waals surface area contributed by atoms with Gasteiger partial charge >= 0.3 is 0 Å². The average molecular weight is 307 g/mol. The van der Waals surface area contributed by atoms with Crippen LogP contribution < -0.4 is 5.32 Å². The Bertz CT molecular complexity index is 756. The predicted molar refractivity (Wildman–Crippen MR) is 91.3 cm³/mol. The van der Waals surface area contributed by atoms with Crippen molar-refractivity contribution in [2.75, 3.05) is 5.32 Å². The van der Waals surface area contributed by atoms with Crippen molar-refractivity contribution in [1.82, 2.24) is 10.2 Å². The Morgan fingerprint density at radius 3 is 2.74 bits per heavy atom. The molecule has 1 atom stereocenters. The molecule has 1 aliphatic carbocycles. The van der Waals surface area contributed by atoms with Crippen LogP contribution in [0, 0.1) is 0 Å². The van der Waals surface area contributed by atoms with Gasteiger partial charge in [0.2, 0.25) is 5.91 Å². The Morgan fingerprint density at radius 1 is 1.26 bits per heavy atom. The number of nitrogens with zero attached hydrogens (tertiary/aromatic N) is 1. The van der Waals surface area contributed by atoms with Crippen molar-refractivity contribution in [1.29, 1.82) is 0 Å². The van der Waals surface area contributed by atoms with E-state index in [0.29, 0.717) is 12.3 Å². The molecule has 4 rings (SSSR count). The molecule has 2 aliphatic rings. The van der Waals surface area contributed by atoms with Crippen LogP contribution in [0.4, 0.5) is 5.82 Å². The summed E-state index contributed by atoms with van der Waals surface area (Å²) in [6, 6.07) is 10.3. The van der Waals surface area contributed by atoms with Gasteiger partial charge in [-0.05, 0) is 25.3 Å². The summed E-state index contributed by atoms with van der Waals surface area (Å²) in [5, 5.41) is 10.5. The number of hydrogen-bond acceptors (Lipinski definition) is 2. The molecule has 2 aromatic rings. The maximum absolute atomic E-state index is 12.1. The third-order valence-corrected chi connectivity index (χ3v) is 5.09. The van der Waals surface area contributed by atoms with E-state index < -0.39 is 0 Å². The zero-order chi connectivity index (χ0) is 15.8. The van der Waals surface area contributed by atoms with E-state index in [0.717, 1.165) is 5.82 Å². The van der Waals surface area contributed by atoms with E-state index in [4.69, 9.17) is 0 Å². The van der Waals surface area contributed by atoms with Gasteiger partial charge in [-0.2, -0.15) is 5.10 Å². The number of fused-ring (bicyclic) bond motifs is 1. The van der Waals surface area contributed by atoms with Gasteiger partial charge in [0.1, 0.15) is 0 Å². The molecule has 1 aromatic carbocycles. The van der Waals surface area contributed by atoms with Gasteiger partial charge in [0, 0.05) is 29.5 Å². The van der Waals surface area contributed by atoms with Crippen LogP contribution >= 0.6 is 0 Å². The van der Waals surface area contributed by atoms with Gasteiger partial charge in [0.05, 0.1) is 0 Å². The van der Waals surface area contributed by atoms with Crippen LogP contribution in [0.3, 0.4) is 0 Å². The summed E-state index contributed by atoms with van der Waals surface area (Å²) >= 11 is 0. The zero-order valence-electron chi connectivity index (χ0n) is 13.3. The molecular weight excluding hydrogens is 286 g/mol. The molecule has 1 aromatic heterocycles. The number of benzene rings is 1. The first-order valence-electron chi connectivity index (χ1n) is 8.33. The highest BCUT2D eigenvalue weighted by Crippen LogP contribution is 2.45. The molecule has 0 radical (unpaired) electrons. The summed E-state index contributed by atoms with van der Waals surface area (Å²) in [4.78, 5) is 12.1. The van der Waals surface area contributed by atoms with E-state index in [1.807, 2.05) is 18.2 Å². The van der Waals surface area contributed by atoms with Gasteiger partial charge in [0.15, 0.2) is 5.82 Å². The Balaban J connectivity index is 1.73. The summed E-state index contributed by atoms with van der Waals surface area (Å²) in [7, 11) is 0. The van der Waals surface area contributed by atoms with Gasteiger partial charge in [-0.15, -0.1) is 0 Å². The highest BCUT2D eigenvalue weighted by molar-refractivity contribution is 5.94. The standard InChI is InChI=1S/C19H21N3O/c1-12(10-13-6-3-2-4-7-13)15-11-16(23)20-19-17(15)18(21-22-19)14-8-5-9-14/h2-4,6-7,10,14-15H,5,8-9,11H2,1H3,(H2,20,21,22,23). The number of carbonyl (C=O) groups is 1. The molecule has 118 valence electrons. The molecule has 1 fully saturated rings. The molecule has 2 heterocycles. The number of aromatic amines is 1. The molecular formula is C19H21N3O. The summed E-state index contributed by atoms with van der Waals surface area (Å²) in [5.74, 6) is 1.48. The minimum atomic E-state index is 0.0509. The average Bonchev–Trinajstić information content (AvgIpc) is 2.89. The lowest BCUT2D eigenvalue weighted by molar-refractivity contribution is -0.116. The third kappa shape index (κ3) is 2.58. The molecule has 4 heteroatoms. The molecule has 0 spiro atoms. The van der Waals surface area contributed by atoms with E-state index in [-0.39, 0.29) is 11.8 Å². The number of H-pyrrole nitrogens is 1. The molecule has 4 nitrogen and oxygen atoms in total. The van der Waals surface area contributed by atoms with E-state index >= 15 is 0 Å². The second-order valence-electron chi connectivity index (χ2n) is 6.63. The van der Waals surface area contributed by atoms with Gasteiger partial charge in [-0.25, -0.2) is 0 Å². The smallest absolute Gasteiger partial charge is 0.226 e. The van der Waals surface area contributed by atoms with Gasteiger partial charge in [0.25, 0.3) is 0 Å². The third-order valence-electron chi connectivity index (χ3n) is 5.09. The number of amides is 1. The van der Waals surface area contributed by atoms with Crippen molar-refractivity contribution in [2.45, 2.75) is 44.4 Å². The van der Waals surface area contributed by atoms with Crippen molar-refractivity contribution in [3.63, 3.8) is 0 Å². The monoisotopic (exact) mass is 307 g/mol. The first-order chi connectivity index (χ1) is 11.2. The minimum absolute atomic E-state index is 0.0509. The molecule has 1 unspecified atom stereocenters. The Labute approximate surface area is 136 Å². The Kier molecular flexibility index (Phi) is 3.52. The van der Waals surface area contributed by atoms with Crippen molar-refractivity contribution in [3.8, 4) is 0 Å². The van der Waals surface area contributed by atoms with Crippen LogP contribution in [0.5, 0.6) is 0 Å². The second kappa shape index (κ2) is 5.69. The molecule has 0 bridgehead atoms. The van der Waals surface area contributed by atoms with Crippen molar-refractivity contribution < 1.29 is 4.79 Å². The first kappa shape index (κ1) is 14.2. The normalized spacial score (nSPS) is 21.5. The van der Waals surface area contributed by atoms with Crippen molar-refractivity contribution >= 4 is 17.8 Å². The SMILES string of the molecule is CC(=Cc1ccccc1)C1CC(=O)Nc2n[nH]c(C3CCC3)c21. The summed E-state index contributed by atoms with van der Waals surface area (Å²) in [5.41, 5.74) is 4.83. The minimum Gasteiger partial charge on any atom is -0.309 e. The van der Waals surface area contributed by atoms with E-state index in [2.05, 4.69) is 40.6 Å². The lowest BCUT2D eigenvalue weighted by atomic mass is 9.76. The molecule has 2 N–H and O–H groups in total. The predicted octanol–water partition coefficient (Wildman–Crippen LogP) is 4.21. The van der Waals surface area contributed by atoms with Crippen LogP contribution in [0.15, 0.2) is 35.9 Å². The van der Waals surface area contributed by atoms with E-state index in [9.17, 15) is 4.79 Å². The maximum atomic E-state index is 12.1.